The van der Waals surface area contributed by atoms with Crippen LogP contribution in [0.5, 0.6) is 0 Å². The van der Waals surface area contributed by atoms with Crippen molar-refractivity contribution in [1.82, 2.24) is 9.80 Å². The Labute approximate surface area is 501 Å². The second-order valence-electron chi connectivity index (χ2n) is 28.6. The van der Waals surface area contributed by atoms with Crippen LogP contribution in [0.15, 0.2) is 60.7 Å². The van der Waals surface area contributed by atoms with Crippen LogP contribution in [0.3, 0.4) is 0 Å². The molecule has 2 aromatic carbocycles. The summed E-state index contributed by atoms with van der Waals surface area (Å²) >= 11 is 0. The van der Waals surface area contributed by atoms with Crippen molar-refractivity contribution in [3.05, 3.63) is 71.8 Å². The number of Topliss-reactive ketones (excluding diaryl/α,β-unsaturated/α-hetero) is 2. The number of amides is 2. The van der Waals surface area contributed by atoms with E-state index in [1.54, 1.807) is 0 Å². The lowest BCUT2D eigenvalue weighted by Crippen LogP contribution is -2.60. The Balaban J connectivity index is 0.000000364. The number of nitrogens with two attached hydrogens (primary N) is 1. The van der Waals surface area contributed by atoms with Gasteiger partial charge in [-0.2, -0.15) is 0 Å². The highest BCUT2D eigenvalue weighted by atomic mass is 16.2. The minimum Gasteiger partial charge on any atom is -0.342 e. The van der Waals surface area contributed by atoms with Gasteiger partial charge in [0.15, 0.2) is 0 Å². The van der Waals surface area contributed by atoms with Crippen molar-refractivity contribution in [3.8, 4) is 0 Å². The normalized spacial score (nSPS) is 26.9. The van der Waals surface area contributed by atoms with Crippen molar-refractivity contribution in [2.75, 3.05) is 26.2 Å². The molecule has 81 heavy (non-hydrogen) atoms. The summed E-state index contributed by atoms with van der Waals surface area (Å²) in [6.07, 6.45) is 27.1. The topological polar surface area (TPSA) is 101 Å². The molecule has 2 aliphatic heterocycles. The van der Waals surface area contributed by atoms with E-state index in [-0.39, 0.29) is 64.7 Å². The van der Waals surface area contributed by atoms with E-state index in [1.165, 1.54) is 68.9 Å². The maximum Gasteiger partial charge on any atom is 0.242 e. The van der Waals surface area contributed by atoms with Gasteiger partial charge >= 0.3 is 0 Å². The molecule has 2 heterocycles. The van der Waals surface area contributed by atoms with Gasteiger partial charge in [0.25, 0.3) is 0 Å². The Hall–Kier alpha value is -3.32. The summed E-state index contributed by atoms with van der Waals surface area (Å²) in [6.45, 7) is 29.1. The Bertz CT molecular complexity index is 2160. The molecule has 0 radical (unpaired) electrons. The summed E-state index contributed by atoms with van der Waals surface area (Å²) in [5.74, 6) is 6.92. The summed E-state index contributed by atoms with van der Waals surface area (Å²) < 4.78 is 0. The highest BCUT2D eigenvalue weighted by Crippen LogP contribution is 2.52. The lowest BCUT2D eigenvalue weighted by atomic mass is 9.57. The zero-order chi connectivity index (χ0) is 55.1. The van der Waals surface area contributed by atoms with Crippen molar-refractivity contribution in [3.63, 3.8) is 0 Å². The Morgan fingerprint density at radius 2 is 0.778 bits per heavy atom. The van der Waals surface area contributed by atoms with E-state index >= 15 is 0 Å². The molecule has 0 aromatic heterocycles. The van der Waals surface area contributed by atoms with Gasteiger partial charge in [-0.3, -0.25) is 19.2 Å². The first kappa shape index (κ1) is 73.8. The number of rotatable bonds is 12. The van der Waals surface area contributed by atoms with Gasteiger partial charge in [0.2, 0.25) is 11.8 Å². The minimum atomic E-state index is -0.495. The van der Waals surface area contributed by atoms with Crippen molar-refractivity contribution in [2.45, 2.75) is 284 Å². The average Bonchev–Trinajstić information content (AvgIpc) is 3.39. The fraction of sp³-hybridized carbons (Fsp3) is 0.784. The fourth-order valence-corrected chi connectivity index (χ4v) is 15.2. The number of carbonyl (C=O) groups is 4. The molecule has 0 unspecified atom stereocenters. The van der Waals surface area contributed by atoms with Gasteiger partial charge in [-0.05, 0) is 192 Å². The van der Waals surface area contributed by atoms with Crippen LogP contribution in [0, 0.1) is 63.6 Å². The van der Waals surface area contributed by atoms with Crippen LogP contribution in [0.25, 0.3) is 0 Å². The number of ketones is 2. The number of likely N-dealkylation sites (tertiary alicyclic amines) is 2. The molecule has 0 bridgehead atoms. The SMILES string of the molecule is C.C.C.C.C.CC(C)C1(C)CCC(C(=O)C2(C)CCC2)CC1.CC(C)C1(c2ccccc2)CCC(C(=O)C2(C)CCC2)CC1.CC(C)C1CCN(C(=O)C2(N)CCC2)CC1.CC(C)C1CCN(C(=O)C2(c3ccccc3)CCC2)CC1. The molecule has 0 atom stereocenters. The maximum absolute atomic E-state index is 13.1. The van der Waals surface area contributed by atoms with Crippen LogP contribution in [-0.2, 0) is 30.0 Å². The molecule has 8 aliphatic rings. The average molecular weight is 1120 g/mol. The third-order valence-corrected chi connectivity index (χ3v) is 22.9. The van der Waals surface area contributed by atoms with E-state index in [0.29, 0.717) is 40.6 Å². The second-order valence-corrected chi connectivity index (χ2v) is 28.6. The van der Waals surface area contributed by atoms with Crippen molar-refractivity contribution in [2.24, 2.45) is 69.3 Å². The molecule has 464 valence electrons. The van der Waals surface area contributed by atoms with E-state index in [2.05, 4.69) is 136 Å². The highest BCUT2D eigenvalue weighted by Gasteiger charge is 2.50. The Morgan fingerprint density at radius 3 is 1.07 bits per heavy atom. The molecule has 7 heteroatoms. The Morgan fingerprint density at radius 1 is 0.432 bits per heavy atom. The summed E-state index contributed by atoms with van der Waals surface area (Å²) in [4.78, 5) is 54.7. The van der Waals surface area contributed by atoms with Gasteiger partial charge in [-0.15, -0.1) is 0 Å². The van der Waals surface area contributed by atoms with Gasteiger partial charge in [0.1, 0.15) is 11.6 Å². The van der Waals surface area contributed by atoms with E-state index in [0.717, 1.165) is 152 Å². The summed E-state index contributed by atoms with van der Waals surface area (Å²) in [6, 6.07) is 21.4. The zero-order valence-electron chi connectivity index (χ0n) is 50.3. The van der Waals surface area contributed by atoms with E-state index in [1.807, 2.05) is 11.0 Å². The third kappa shape index (κ3) is 16.6. The molecule has 8 fully saturated rings. The number of carbonyl (C=O) groups excluding carboxylic acids is 4. The molecule has 10 rings (SSSR count). The molecule has 2 saturated heterocycles. The zero-order valence-corrected chi connectivity index (χ0v) is 50.3. The van der Waals surface area contributed by atoms with Crippen LogP contribution < -0.4 is 5.73 Å². The van der Waals surface area contributed by atoms with Gasteiger partial charge in [-0.25, -0.2) is 0 Å². The summed E-state index contributed by atoms with van der Waals surface area (Å²) in [7, 11) is 0. The van der Waals surface area contributed by atoms with Crippen LogP contribution in [0.1, 0.15) is 279 Å². The first-order valence-corrected chi connectivity index (χ1v) is 31.6. The number of benzene rings is 2. The third-order valence-electron chi connectivity index (χ3n) is 22.9. The predicted molar refractivity (Wildman–Crippen MR) is 348 cm³/mol. The molecule has 6 aliphatic carbocycles. The largest absolute Gasteiger partial charge is 0.342 e. The number of hydrogen-bond donors (Lipinski definition) is 1. The molecule has 2 N–H and O–H groups in total. The smallest absolute Gasteiger partial charge is 0.242 e. The molecule has 0 spiro atoms. The quantitative estimate of drug-likeness (QED) is 0.228. The van der Waals surface area contributed by atoms with Gasteiger partial charge in [-0.1, -0.05) is 193 Å². The van der Waals surface area contributed by atoms with Crippen LogP contribution >= 0.6 is 0 Å². The molecule has 7 nitrogen and oxygen atoms in total. The van der Waals surface area contributed by atoms with Gasteiger partial charge < -0.3 is 15.5 Å². The highest BCUT2D eigenvalue weighted by molar-refractivity contribution is 5.90. The molecule has 2 amide bonds. The number of nitrogens with zero attached hydrogens (tertiary/aromatic N) is 2. The maximum atomic E-state index is 13.1. The molecule has 6 saturated carbocycles. The van der Waals surface area contributed by atoms with Gasteiger partial charge in [0, 0.05) is 48.8 Å². The second kappa shape index (κ2) is 31.2. The molecular weight excluding hydrogens is 995 g/mol. The molecule has 2 aromatic rings. The minimum absolute atomic E-state index is 0. The van der Waals surface area contributed by atoms with Crippen molar-refractivity contribution in [1.29, 1.82) is 0 Å². The lowest BCUT2D eigenvalue weighted by Gasteiger charge is -2.46. The van der Waals surface area contributed by atoms with Crippen molar-refractivity contribution >= 4 is 23.4 Å². The van der Waals surface area contributed by atoms with Crippen LogP contribution in [0.4, 0.5) is 0 Å². The van der Waals surface area contributed by atoms with Crippen LogP contribution in [-0.4, -0.2) is 64.9 Å². The van der Waals surface area contributed by atoms with Crippen molar-refractivity contribution < 1.29 is 19.2 Å². The van der Waals surface area contributed by atoms with Crippen LogP contribution in [0.2, 0.25) is 0 Å². The first-order valence-electron chi connectivity index (χ1n) is 31.6. The fourth-order valence-electron chi connectivity index (χ4n) is 15.2. The van der Waals surface area contributed by atoms with E-state index < -0.39 is 5.54 Å². The summed E-state index contributed by atoms with van der Waals surface area (Å²) in [5.41, 5.74) is 8.94. The number of piperidine rings is 2. The standard InChI is InChI=1S/C21H30O.C19H27NO.C16H28O.C13H24N2O.5CH4/c1-16(2)21(18-8-5-4-6-9-18)14-10-17(11-15-21)19(22)20(3)12-7-13-20;1-15(2)16-9-13-20(14-10-16)18(21)19(11-6-12-19)17-7-4-3-5-8-17;1-12(2)15(3)10-6-13(7-11-15)14(17)16(4)8-5-9-16;1-10(2)11-4-8-15(9-5-11)12(16)13(14)6-3-7-13;;;;;/h4-6,8-9,16-17H,7,10-15H2,1-3H3;3-5,7-8,15-16H,6,9-14H2,1-2H3;12-13H,5-11H2,1-4H3;10-11H,3-9,14H2,1-2H3;5*1H4. The van der Waals surface area contributed by atoms with E-state index in [9.17, 15) is 19.2 Å². The Kier molecular flexibility index (Phi) is 28.4. The molecular formula is C74H129N3O4. The summed E-state index contributed by atoms with van der Waals surface area (Å²) in [5, 5.41) is 0. The predicted octanol–water partition coefficient (Wildman–Crippen LogP) is 19.1. The first-order chi connectivity index (χ1) is 36.0. The lowest BCUT2D eigenvalue weighted by molar-refractivity contribution is -0.143. The number of hydrogen-bond acceptors (Lipinski definition) is 5. The monoisotopic (exact) mass is 1120 g/mol. The van der Waals surface area contributed by atoms with E-state index in [4.69, 9.17) is 5.73 Å². The van der Waals surface area contributed by atoms with Gasteiger partial charge in [0.05, 0.1) is 11.0 Å².